The minimum absolute atomic E-state index is 0.116. The molecule has 1 amide bonds. The van der Waals surface area contributed by atoms with Crippen molar-refractivity contribution in [1.82, 2.24) is 4.90 Å². The maximum Gasteiger partial charge on any atom is 0.306 e. The first-order valence-electron chi connectivity index (χ1n) is 6.78. The van der Waals surface area contributed by atoms with E-state index < -0.39 is 16.8 Å². The Labute approximate surface area is 126 Å². The first-order chi connectivity index (χ1) is 10.4. The molecule has 22 heavy (non-hydrogen) atoms. The van der Waals surface area contributed by atoms with Gasteiger partial charge in [0.15, 0.2) is 0 Å². The molecule has 1 aliphatic heterocycles. The lowest BCUT2D eigenvalue weighted by Crippen LogP contribution is -2.40. The van der Waals surface area contributed by atoms with Crippen LogP contribution >= 0.6 is 0 Å². The molecular weight excluding hydrogens is 292 g/mol. The minimum Gasteiger partial charge on any atom is -0.496 e. The van der Waals surface area contributed by atoms with Crippen LogP contribution < -0.4 is 4.74 Å². The number of piperidine rings is 1. The van der Waals surface area contributed by atoms with Gasteiger partial charge in [-0.3, -0.25) is 19.7 Å². The number of hydrogen-bond acceptors (Lipinski definition) is 5. The Morgan fingerprint density at radius 1 is 1.36 bits per heavy atom. The summed E-state index contributed by atoms with van der Waals surface area (Å²) >= 11 is 0. The second kappa shape index (κ2) is 6.42. The molecule has 1 fully saturated rings. The smallest absolute Gasteiger partial charge is 0.306 e. The van der Waals surface area contributed by atoms with Crippen molar-refractivity contribution in [3.63, 3.8) is 0 Å². The molecule has 0 saturated carbocycles. The van der Waals surface area contributed by atoms with Gasteiger partial charge in [0.05, 0.1) is 23.5 Å². The van der Waals surface area contributed by atoms with Crippen molar-refractivity contribution in [3.05, 3.63) is 33.9 Å². The van der Waals surface area contributed by atoms with Crippen molar-refractivity contribution in [3.8, 4) is 5.75 Å². The average Bonchev–Trinajstić information content (AvgIpc) is 2.53. The third-order valence-corrected chi connectivity index (χ3v) is 3.76. The van der Waals surface area contributed by atoms with Crippen molar-refractivity contribution in [2.45, 2.75) is 12.8 Å². The standard InChI is InChI=1S/C14H16N2O6/c1-22-12-3-2-10(16(20)21)8-11(12)13(17)15-6-4-9(5-7-15)14(18)19/h2-3,8-9H,4-7H2,1H3,(H,18,19). The number of carbonyl (C=O) groups is 2. The van der Waals surface area contributed by atoms with Crippen molar-refractivity contribution >= 4 is 17.6 Å². The Hall–Kier alpha value is -2.64. The third-order valence-electron chi connectivity index (χ3n) is 3.76. The quantitative estimate of drug-likeness (QED) is 0.667. The molecule has 1 saturated heterocycles. The molecule has 0 aromatic heterocycles. The summed E-state index contributed by atoms with van der Waals surface area (Å²) in [6.07, 6.45) is 0.747. The minimum atomic E-state index is -0.861. The molecule has 8 heteroatoms. The fourth-order valence-corrected chi connectivity index (χ4v) is 2.48. The molecule has 1 aliphatic rings. The maximum absolute atomic E-state index is 12.5. The summed E-state index contributed by atoms with van der Waals surface area (Å²) in [5.74, 6) is -1.43. The molecule has 1 aromatic rings. The molecule has 1 heterocycles. The number of aliphatic carboxylic acids is 1. The van der Waals surface area contributed by atoms with Crippen molar-refractivity contribution in [2.75, 3.05) is 20.2 Å². The van der Waals surface area contributed by atoms with E-state index in [1.807, 2.05) is 0 Å². The summed E-state index contributed by atoms with van der Waals surface area (Å²) in [5, 5.41) is 19.8. The molecule has 2 rings (SSSR count). The molecule has 8 nitrogen and oxygen atoms in total. The summed E-state index contributed by atoms with van der Waals surface area (Å²) in [5.41, 5.74) is -0.0740. The number of likely N-dealkylation sites (tertiary alicyclic amines) is 1. The van der Waals surface area contributed by atoms with Gasteiger partial charge in [-0.15, -0.1) is 0 Å². The fraction of sp³-hybridized carbons (Fsp3) is 0.429. The van der Waals surface area contributed by atoms with Crippen molar-refractivity contribution in [1.29, 1.82) is 0 Å². The molecule has 0 bridgehead atoms. The Morgan fingerprint density at radius 2 is 2.00 bits per heavy atom. The van der Waals surface area contributed by atoms with E-state index in [-0.39, 0.29) is 22.9 Å². The number of nitro groups is 1. The highest BCUT2D eigenvalue weighted by Gasteiger charge is 2.29. The summed E-state index contributed by atoms with van der Waals surface area (Å²) in [6, 6.07) is 3.84. The van der Waals surface area contributed by atoms with E-state index >= 15 is 0 Å². The molecule has 0 spiro atoms. The van der Waals surface area contributed by atoms with Gasteiger partial charge >= 0.3 is 5.97 Å². The van der Waals surface area contributed by atoms with E-state index in [0.717, 1.165) is 0 Å². The predicted molar refractivity (Wildman–Crippen MR) is 75.9 cm³/mol. The number of benzene rings is 1. The van der Waals surface area contributed by atoms with Crippen LogP contribution in [0.4, 0.5) is 5.69 Å². The topological polar surface area (TPSA) is 110 Å². The zero-order valence-corrected chi connectivity index (χ0v) is 12.0. The number of amides is 1. The van der Waals surface area contributed by atoms with Gasteiger partial charge in [0, 0.05) is 25.2 Å². The maximum atomic E-state index is 12.5. The second-order valence-electron chi connectivity index (χ2n) is 5.05. The summed E-state index contributed by atoms with van der Waals surface area (Å²) in [4.78, 5) is 35.2. The molecule has 0 radical (unpaired) electrons. The zero-order chi connectivity index (χ0) is 16.3. The lowest BCUT2D eigenvalue weighted by molar-refractivity contribution is -0.384. The van der Waals surface area contributed by atoms with Crippen molar-refractivity contribution < 1.29 is 24.4 Å². The van der Waals surface area contributed by atoms with Crippen LogP contribution in [0.25, 0.3) is 0 Å². The fourth-order valence-electron chi connectivity index (χ4n) is 2.48. The number of carboxylic acids is 1. The van der Waals surface area contributed by atoms with Gasteiger partial charge in [0.2, 0.25) is 0 Å². The Bertz CT molecular complexity index is 607. The van der Waals surface area contributed by atoms with E-state index in [1.54, 1.807) is 0 Å². The Morgan fingerprint density at radius 3 is 2.50 bits per heavy atom. The summed E-state index contributed by atoms with van der Waals surface area (Å²) in [7, 11) is 1.38. The van der Waals surface area contributed by atoms with Gasteiger partial charge in [-0.1, -0.05) is 0 Å². The zero-order valence-electron chi connectivity index (χ0n) is 12.0. The summed E-state index contributed by atoms with van der Waals surface area (Å²) < 4.78 is 5.09. The van der Waals surface area contributed by atoms with Crippen LogP contribution in [0.2, 0.25) is 0 Å². The first-order valence-corrected chi connectivity index (χ1v) is 6.78. The number of nitrogens with zero attached hydrogens (tertiary/aromatic N) is 2. The van der Waals surface area contributed by atoms with Crippen LogP contribution in [0.3, 0.4) is 0 Å². The highest BCUT2D eigenvalue weighted by molar-refractivity contribution is 5.97. The SMILES string of the molecule is COc1ccc([N+](=O)[O-])cc1C(=O)N1CCC(C(=O)O)CC1. The van der Waals surface area contributed by atoms with Gasteiger partial charge in [0.1, 0.15) is 5.75 Å². The van der Waals surface area contributed by atoms with E-state index in [1.165, 1.54) is 30.2 Å². The lowest BCUT2D eigenvalue weighted by atomic mass is 9.96. The van der Waals surface area contributed by atoms with E-state index in [4.69, 9.17) is 9.84 Å². The summed E-state index contributed by atoms with van der Waals surface area (Å²) in [6.45, 7) is 0.614. The Balaban J connectivity index is 2.20. The van der Waals surface area contributed by atoms with Crippen LogP contribution in [-0.4, -0.2) is 47.0 Å². The van der Waals surface area contributed by atoms with Crippen LogP contribution in [0, 0.1) is 16.0 Å². The number of carbonyl (C=O) groups excluding carboxylic acids is 1. The molecule has 1 aromatic carbocycles. The van der Waals surface area contributed by atoms with E-state index in [0.29, 0.717) is 25.9 Å². The molecule has 0 unspecified atom stereocenters. The highest BCUT2D eigenvalue weighted by atomic mass is 16.6. The number of methoxy groups -OCH3 is 1. The highest BCUT2D eigenvalue weighted by Crippen LogP contribution is 2.27. The number of nitro benzene ring substituents is 1. The van der Waals surface area contributed by atoms with Gasteiger partial charge in [0.25, 0.3) is 11.6 Å². The number of ether oxygens (including phenoxy) is 1. The second-order valence-corrected chi connectivity index (χ2v) is 5.05. The molecule has 0 aliphatic carbocycles. The van der Waals surface area contributed by atoms with Crippen LogP contribution in [-0.2, 0) is 4.79 Å². The molecule has 0 atom stereocenters. The molecule has 1 N–H and O–H groups in total. The largest absolute Gasteiger partial charge is 0.496 e. The Kier molecular flexibility index (Phi) is 4.59. The number of non-ortho nitro benzene ring substituents is 1. The van der Waals surface area contributed by atoms with Gasteiger partial charge in [-0.2, -0.15) is 0 Å². The third kappa shape index (κ3) is 3.16. The average molecular weight is 308 g/mol. The normalized spacial score (nSPS) is 15.4. The first kappa shape index (κ1) is 15.7. The monoisotopic (exact) mass is 308 g/mol. The lowest BCUT2D eigenvalue weighted by Gasteiger charge is -2.30. The van der Waals surface area contributed by atoms with Gasteiger partial charge in [-0.25, -0.2) is 0 Å². The predicted octanol–water partition coefficient (Wildman–Crippen LogP) is 1.54. The number of hydrogen-bond donors (Lipinski definition) is 1. The van der Waals surface area contributed by atoms with Crippen molar-refractivity contribution in [2.24, 2.45) is 5.92 Å². The van der Waals surface area contributed by atoms with Gasteiger partial charge < -0.3 is 14.7 Å². The van der Waals surface area contributed by atoms with E-state index in [9.17, 15) is 19.7 Å². The van der Waals surface area contributed by atoms with Crippen LogP contribution in [0.15, 0.2) is 18.2 Å². The van der Waals surface area contributed by atoms with E-state index in [2.05, 4.69) is 0 Å². The molecule has 118 valence electrons. The van der Waals surface area contributed by atoms with Crippen LogP contribution in [0.1, 0.15) is 23.2 Å². The van der Waals surface area contributed by atoms with Crippen LogP contribution in [0.5, 0.6) is 5.75 Å². The number of carboxylic acid groups (broad SMARTS) is 1. The number of rotatable bonds is 4. The molecular formula is C14H16N2O6. The van der Waals surface area contributed by atoms with Gasteiger partial charge in [-0.05, 0) is 18.9 Å².